The van der Waals surface area contributed by atoms with Gasteiger partial charge in [-0.3, -0.25) is 4.79 Å². The van der Waals surface area contributed by atoms with E-state index < -0.39 is 42.3 Å². The molecule has 0 aromatic heterocycles. The Kier molecular flexibility index (Phi) is 10.7. The van der Waals surface area contributed by atoms with Gasteiger partial charge in [-0.15, -0.1) is 0 Å². The van der Waals surface area contributed by atoms with Crippen LogP contribution < -0.4 is 4.74 Å². The van der Waals surface area contributed by atoms with Crippen LogP contribution in [0.2, 0.25) is 0 Å². The normalized spacial score (nSPS) is 16.8. The fourth-order valence-electron chi connectivity index (χ4n) is 3.20. The molecule has 1 heterocycles. The molecule has 0 unspecified atom stereocenters. The van der Waals surface area contributed by atoms with Crippen LogP contribution in [-0.4, -0.2) is 52.7 Å². The maximum atomic E-state index is 11.7. The van der Waals surface area contributed by atoms with Gasteiger partial charge in [0.15, 0.2) is 11.9 Å². The molecule has 2 atom stereocenters. The predicted octanol–water partition coefficient (Wildman–Crippen LogP) is 3.73. The number of aliphatic hydroxyl groups excluding tert-OH is 3. The highest BCUT2D eigenvalue weighted by atomic mass is 16.6. The molecule has 3 N–H and O–H groups in total. The lowest BCUT2D eigenvalue weighted by atomic mass is 10.1. The summed E-state index contributed by atoms with van der Waals surface area (Å²) in [6, 6.07) is 9.80. The van der Waals surface area contributed by atoms with Crippen molar-refractivity contribution in [2.75, 3.05) is 13.2 Å². The Labute approximate surface area is 182 Å². The van der Waals surface area contributed by atoms with Gasteiger partial charge in [0.25, 0.3) is 0 Å². The Hall–Kier alpha value is -2.74. The third kappa shape index (κ3) is 8.88. The molecule has 1 aliphatic heterocycles. The van der Waals surface area contributed by atoms with Crippen LogP contribution in [0.15, 0.2) is 41.9 Å². The van der Waals surface area contributed by atoms with Crippen LogP contribution in [0.3, 0.4) is 0 Å². The number of cyclic esters (lactones) is 1. The molecule has 0 saturated carbocycles. The van der Waals surface area contributed by atoms with Crippen molar-refractivity contribution in [2.45, 2.75) is 70.0 Å². The molecule has 1 aromatic carbocycles. The first-order chi connectivity index (χ1) is 15.0. The van der Waals surface area contributed by atoms with Crippen LogP contribution in [0, 0.1) is 0 Å². The number of benzene rings is 1. The number of unbranched alkanes of at least 4 members (excludes halogenated alkanes) is 7. The van der Waals surface area contributed by atoms with Crippen molar-refractivity contribution in [2.24, 2.45) is 0 Å². The van der Waals surface area contributed by atoms with Gasteiger partial charge >= 0.3 is 11.9 Å². The summed E-state index contributed by atoms with van der Waals surface area (Å²) in [5.74, 6) is -2.36. The molecule has 0 spiro atoms. The second-order valence-electron chi connectivity index (χ2n) is 7.55. The van der Waals surface area contributed by atoms with Gasteiger partial charge in [0.05, 0.1) is 6.61 Å². The van der Waals surface area contributed by atoms with Gasteiger partial charge in [0.1, 0.15) is 18.5 Å². The number of carbonyl (C=O) groups excluding carboxylic acids is 2. The summed E-state index contributed by atoms with van der Waals surface area (Å²) in [7, 11) is 0. The second-order valence-corrected chi connectivity index (χ2v) is 7.55. The molecule has 0 aliphatic carbocycles. The van der Waals surface area contributed by atoms with Crippen molar-refractivity contribution >= 4 is 11.9 Å². The SMILES string of the molecule is O=C(CCCCCCCCCCOc1ccccc1)OC[C@H](O)[C@H]1OC(=O)C(O)=C1O. The zero-order chi connectivity index (χ0) is 22.5. The molecule has 1 aliphatic rings. The lowest BCUT2D eigenvalue weighted by Crippen LogP contribution is -2.33. The third-order valence-corrected chi connectivity index (χ3v) is 4.99. The summed E-state index contributed by atoms with van der Waals surface area (Å²) in [5, 5.41) is 28.5. The van der Waals surface area contributed by atoms with E-state index in [9.17, 15) is 24.9 Å². The van der Waals surface area contributed by atoms with E-state index in [0.717, 1.165) is 50.9 Å². The number of para-hydroxylation sites is 1. The summed E-state index contributed by atoms with van der Waals surface area (Å²) in [5.41, 5.74) is 0. The largest absolute Gasteiger partial charge is 0.505 e. The fourth-order valence-corrected chi connectivity index (χ4v) is 3.20. The van der Waals surface area contributed by atoms with Crippen molar-refractivity contribution in [1.29, 1.82) is 0 Å². The van der Waals surface area contributed by atoms with E-state index >= 15 is 0 Å². The molecule has 31 heavy (non-hydrogen) atoms. The molecule has 2 rings (SSSR count). The third-order valence-electron chi connectivity index (χ3n) is 4.99. The summed E-state index contributed by atoms with van der Waals surface area (Å²) in [6.45, 7) is 0.309. The average Bonchev–Trinajstić information content (AvgIpc) is 3.03. The van der Waals surface area contributed by atoms with E-state index in [2.05, 4.69) is 4.74 Å². The van der Waals surface area contributed by atoms with E-state index in [1.807, 2.05) is 30.3 Å². The molecular weight excluding hydrogens is 404 g/mol. The number of hydrogen-bond donors (Lipinski definition) is 3. The number of carbonyl (C=O) groups is 2. The maximum Gasteiger partial charge on any atom is 0.377 e. The van der Waals surface area contributed by atoms with Crippen LogP contribution in [0.1, 0.15) is 57.8 Å². The van der Waals surface area contributed by atoms with Crippen LogP contribution in [0.5, 0.6) is 5.75 Å². The Balaban J connectivity index is 1.39. The highest BCUT2D eigenvalue weighted by molar-refractivity contribution is 5.89. The van der Waals surface area contributed by atoms with Crippen molar-refractivity contribution < 1.29 is 39.1 Å². The minimum absolute atomic E-state index is 0.237. The van der Waals surface area contributed by atoms with Crippen molar-refractivity contribution in [3.63, 3.8) is 0 Å². The number of aliphatic hydroxyl groups is 3. The molecule has 0 amide bonds. The summed E-state index contributed by atoms with van der Waals surface area (Å²) in [4.78, 5) is 22.8. The lowest BCUT2D eigenvalue weighted by Gasteiger charge is -2.17. The van der Waals surface area contributed by atoms with Crippen LogP contribution in [0.25, 0.3) is 0 Å². The first-order valence-corrected chi connectivity index (χ1v) is 10.8. The highest BCUT2D eigenvalue weighted by Gasteiger charge is 2.39. The number of ether oxygens (including phenoxy) is 3. The highest BCUT2D eigenvalue weighted by Crippen LogP contribution is 2.21. The van der Waals surface area contributed by atoms with E-state index in [0.29, 0.717) is 6.42 Å². The standard InChI is InChI=1S/C23H32O8/c24-18(22-20(26)21(27)23(28)31-22)16-30-19(25)14-10-5-3-1-2-4-6-11-15-29-17-12-8-7-9-13-17/h7-9,12-13,18,22,24,26-27H,1-6,10-11,14-16H2/t18-,22+/m0/s1. The van der Waals surface area contributed by atoms with Gasteiger partial charge in [-0.25, -0.2) is 4.79 Å². The Morgan fingerprint density at radius 3 is 2.19 bits per heavy atom. The zero-order valence-corrected chi connectivity index (χ0v) is 17.7. The van der Waals surface area contributed by atoms with Crippen LogP contribution in [-0.2, 0) is 19.1 Å². The van der Waals surface area contributed by atoms with Crippen molar-refractivity contribution in [3.05, 3.63) is 41.9 Å². The van der Waals surface area contributed by atoms with E-state index in [1.165, 1.54) is 6.42 Å². The maximum absolute atomic E-state index is 11.7. The minimum Gasteiger partial charge on any atom is -0.505 e. The molecule has 0 radical (unpaired) electrons. The Morgan fingerprint density at radius 1 is 0.968 bits per heavy atom. The van der Waals surface area contributed by atoms with Gasteiger partial charge in [-0.2, -0.15) is 0 Å². The number of hydrogen-bond acceptors (Lipinski definition) is 8. The minimum atomic E-state index is -1.43. The molecule has 0 saturated heterocycles. The van der Waals surface area contributed by atoms with Gasteiger partial charge in [0, 0.05) is 6.42 Å². The predicted molar refractivity (Wildman–Crippen MR) is 113 cm³/mol. The molecule has 172 valence electrons. The summed E-state index contributed by atoms with van der Waals surface area (Å²) >= 11 is 0. The fraction of sp³-hybridized carbons (Fsp3) is 0.565. The zero-order valence-electron chi connectivity index (χ0n) is 17.7. The van der Waals surface area contributed by atoms with Gasteiger partial charge < -0.3 is 29.5 Å². The Morgan fingerprint density at radius 2 is 1.58 bits per heavy atom. The molecule has 0 bridgehead atoms. The molecule has 8 nitrogen and oxygen atoms in total. The summed E-state index contributed by atoms with van der Waals surface area (Å²) < 4.78 is 15.2. The first kappa shape index (κ1) is 24.5. The van der Waals surface area contributed by atoms with E-state index in [-0.39, 0.29) is 6.42 Å². The van der Waals surface area contributed by atoms with Gasteiger partial charge in [-0.05, 0) is 25.0 Å². The van der Waals surface area contributed by atoms with E-state index in [1.54, 1.807) is 0 Å². The van der Waals surface area contributed by atoms with Gasteiger partial charge in [-0.1, -0.05) is 56.7 Å². The lowest BCUT2D eigenvalue weighted by molar-refractivity contribution is -0.154. The van der Waals surface area contributed by atoms with Crippen LogP contribution in [0.4, 0.5) is 0 Å². The quantitative estimate of drug-likeness (QED) is 0.281. The average molecular weight is 437 g/mol. The Bertz CT molecular complexity index is 716. The molecule has 8 heteroatoms. The summed E-state index contributed by atoms with van der Waals surface area (Å²) in [6.07, 6.45) is 5.69. The smallest absolute Gasteiger partial charge is 0.377 e. The molecule has 1 aromatic rings. The van der Waals surface area contributed by atoms with Crippen LogP contribution >= 0.6 is 0 Å². The number of rotatable bonds is 15. The molecule has 0 fully saturated rings. The number of esters is 2. The topological polar surface area (TPSA) is 123 Å². The molecular formula is C23H32O8. The first-order valence-electron chi connectivity index (χ1n) is 10.8. The van der Waals surface area contributed by atoms with Crippen molar-refractivity contribution in [1.82, 2.24) is 0 Å². The monoisotopic (exact) mass is 436 g/mol. The van der Waals surface area contributed by atoms with Crippen molar-refractivity contribution in [3.8, 4) is 5.75 Å². The van der Waals surface area contributed by atoms with Gasteiger partial charge in [0.2, 0.25) is 5.76 Å². The second kappa shape index (κ2) is 13.5. The van der Waals surface area contributed by atoms with E-state index in [4.69, 9.17) is 9.47 Å².